The van der Waals surface area contributed by atoms with Gasteiger partial charge < -0.3 is 14.9 Å². The van der Waals surface area contributed by atoms with Crippen LogP contribution in [0.5, 0.6) is 0 Å². The van der Waals surface area contributed by atoms with Gasteiger partial charge in [0.15, 0.2) is 11.0 Å². The Balaban J connectivity index is 1.45. The van der Waals surface area contributed by atoms with E-state index in [0.29, 0.717) is 45.6 Å². The summed E-state index contributed by atoms with van der Waals surface area (Å²) >= 11 is 1.44. The van der Waals surface area contributed by atoms with E-state index in [2.05, 4.69) is 25.5 Å². The van der Waals surface area contributed by atoms with Gasteiger partial charge in [-0.15, -0.1) is 10.2 Å². The van der Waals surface area contributed by atoms with Crippen molar-refractivity contribution < 1.29 is 4.79 Å². The number of hydrogen-bond donors (Lipinski definition) is 2. The number of nitrogens with one attached hydrogen (secondary N) is 2. The Morgan fingerprint density at radius 3 is 2.81 bits per heavy atom. The number of aromatic amines is 1. The van der Waals surface area contributed by atoms with Crippen LogP contribution in [-0.4, -0.2) is 30.6 Å². The number of H-pyrrole nitrogens is 1. The van der Waals surface area contributed by atoms with Gasteiger partial charge in [-0.05, 0) is 38.1 Å². The number of carbonyl (C=O) groups is 1. The number of rotatable bonds is 7. The molecule has 0 aliphatic heterocycles. The zero-order valence-corrected chi connectivity index (χ0v) is 18.1. The Labute approximate surface area is 183 Å². The van der Waals surface area contributed by atoms with E-state index >= 15 is 0 Å². The van der Waals surface area contributed by atoms with E-state index < -0.39 is 0 Å². The quantitative estimate of drug-likeness (QED) is 0.433. The number of fused-ring (bicyclic) bond motifs is 1. The van der Waals surface area contributed by atoms with Crippen LogP contribution in [0.4, 0.5) is 0 Å². The number of aryl methyl sites for hydroxylation is 1. The molecule has 0 bridgehead atoms. The second-order valence-electron chi connectivity index (χ2n) is 7.01. The molecule has 158 valence electrons. The average Bonchev–Trinajstić information content (AvgIpc) is 3.18. The van der Waals surface area contributed by atoms with Crippen LogP contribution in [0, 0.1) is 6.92 Å². The number of nitrogens with zero attached hydrogens (tertiary/aromatic N) is 4. The van der Waals surface area contributed by atoms with Crippen LogP contribution in [0.3, 0.4) is 0 Å². The topological polar surface area (TPSA) is 106 Å². The molecule has 31 heavy (non-hydrogen) atoms. The summed E-state index contributed by atoms with van der Waals surface area (Å²) in [6.07, 6.45) is 0. The minimum atomic E-state index is -0.155. The molecule has 0 radical (unpaired) electrons. The zero-order chi connectivity index (χ0) is 21.8. The molecule has 9 heteroatoms. The van der Waals surface area contributed by atoms with Crippen LogP contribution < -0.4 is 10.9 Å². The van der Waals surface area contributed by atoms with E-state index in [1.807, 2.05) is 54.8 Å². The number of thioether (sulfide) groups is 1. The summed E-state index contributed by atoms with van der Waals surface area (Å²) in [4.78, 5) is 32.0. The van der Waals surface area contributed by atoms with Gasteiger partial charge in [0.2, 0.25) is 0 Å². The van der Waals surface area contributed by atoms with Gasteiger partial charge in [-0.2, -0.15) is 0 Å². The lowest BCUT2D eigenvalue weighted by Crippen LogP contribution is -2.24. The number of aromatic nitrogens is 5. The molecule has 4 aromatic rings. The maximum Gasteiger partial charge on any atom is 0.258 e. The van der Waals surface area contributed by atoms with Crippen LogP contribution >= 0.6 is 11.8 Å². The Bertz CT molecular complexity index is 1300. The smallest absolute Gasteiger partial charge is 0.258 e. The third-order valence-electron chi connectivity index (χ3n) is 4.80. The number of para-hydroxylation sites is 1. The monoisotopic (exact) mass is 434 g/mol. The van der Waals surface area contributed by atoms with Gasteiger partial charge >= 0.3 is 0 Å². The van der Waals surface area contributed by atoms with Crippen molar-refractivity contribution in [1.29, 1.82) is 0 Å². The van der Waals surface area contributed by atoms with Gasteiger partial charge in [0.1, 0.15) is 5.82 Å². The molecule has 0 unspecified atom stereocenters. The fourth-order valence-corrected chi connectivity index (χ4v) is 4.15. The molecular weight excluding hydrogens is 412 g/mol. The molecule has 0 atom stereocenters. The van der Waals surface area contributed by atoms with E-state index in [0.717, 1.165) is 5.56 Å². The molecule has 2 N–H and O–H groups in total. The second-order valence-corrected chi connectivity index (χ2v) is 7.96. The fourth-order valence-electron chi connectivity index (χ4n) is 3.26. The maximum absolute atomic E-state index is 12.4. The highest BCUT2D eigenvalue weighted by molar-refractivity contribution is 7.98. The Hall–Kier alpha value is -3.46. The minimum Gasteiger partial charge on any atom is -0.345 e. The number of benzene rings is 2. The third kappa shape index (κ3) is 4.66. The molecule has 4 rings (SSSR count). The van der Waals surface area contributed by atoms with Crippen molar-refractivity contribution in [3.05, 3.63) is 81.7 Å². The van der Waals surface area contributed by atoms with Crippen molar-refractivity contribution in [2.75, 3.05) is 0 Å². The van der Waals surface area contributed by atoms with Crippen LogP contribution in [0.2, 0.25) is 0 Å². The van der Waals surface area contributed by atoms with Crippen molar-refractivity contribution in [2.45, 2.75) is 37.8 Å². The lowest BCUT2D eigenvalue weighted by atomic mass is 10.1. The van der Waals surface area contributed by atoms with Crippen LogP contribution in [-0.2, 0) is 18.8 Å². The van der Waals surface area contributed by atoms with Crippen LogP contribution in [0.1, 0.15) is 34.5 Å². The van der Waals surface area contributed by atoms with Gasteiger partial charge in [0.25, 0.3) is 11.5 Å². The molecule has 0 spiro atoms. The predicted molar refractivity (Wildman–Crippen MR) is 120 cm³/mol. The molecule has 8 nitrogen and oxygen atoms in total. The molecule has 2 heterocycles. The number of amides is 1. The lowest BCUT2D eigenvalue weighted by Gasteiger charge is -2.09. The molecule has 2 aromatic carbocycles. The summed E-state index contributed by atoms with van der Waals surface area (Å²) in [5, 5.41) is 12.7. The second kappa shape index (κ2) is 9.13. The van der Waals surface area contributed by atoms with Crippen molar-refractivity contribution in [3.8, 4) is 0 Å². The number of carbonyl (C=O) groups excluding carboxylic acids is 1. The van der Waals surface area contributed by atoms with Crippen LogP contribution in [0.15, 0.2) is 58.5 Å². The third-order valence-corrected chi connectivity index (χ3v) is 5.77. The average molecular weight is 435 g/mol. The first kappa shape index (κ1) is 20.8. The summed E-state index contributed by atoms with van der Waals surface area (Å²) in [7, 11) is 0. The van der Waals surface area contributed by atoms with Crippen LogP contribution in [0.25, 0.3) is 10.9 Å². The minimum absolute atomic E-state index is 0.151. The molecule has 0 saturated heterocycles. The van der Waals surface area contributed by atoms with Gasteiger partial charge in [-0.25, -0.2) is 4.98 Å². The molecule has 0 fully saturated rings. The van der Waals surface area contributed by atoms with E-state index in [1.54, 1.807) is 12.1 Å². The van der Waals surface area contributed by atoms with Crippen molar-refractivity contribution in [3.63, 3.8) is 0 Å². The highest BCUT2D eigenvalue weighted by Crippen LogP contribution is 2.21. The van der Waals surface area contributed by atoms with E-state index in [4.69, 9.17) is 0 Å². The van der Waals surface area contributed by atoms with E-state index in [1.165, 1.54) is 11.8 Å². The molecule has 0 aliphatic carbocycles. The van der Waals surface area contributed by atoms with E-state index in [9.17, 15) is 9.59 Å². The highest BCUT2D eigenvalue weighted by Gasteiger charge is 2.14. The van der Waals surface area contributed by atoms with Gasteiger partial charge in [0.05, 0.1) is 23.2 Å². The zero-order valence-electron chi connectivity index (χ0n) is 17.3. The molecule has 1 amide bonds. The maximum atomic E-state index is 12.4. The predicted octanol–water partition coefficient (Wildman–Crippen LogP) is 3.07. The summed E-state index contributed by atoms with van der Waals surface area (Å²) in [5.41, 5.74) is 2.16. The normalized spacial score (nSPS) is 11.0. The van der Waals surface area contributed by atoms with Crippen molar-refractivity contribution in [2.24, 2.45) is 0 Å². The SMILES string of the molecule is CCn1c(CNC(=O)c2cccc(C)c2)nnc1SCc1nc2ccccc2c(=O)[nH]1. The van der Waals surface area contributed by atoms with Gasteiger partial charge in [-0.3, -0.25) is 9.59 Å². The first-order valence-electron chi connectivity index (χ1n) is 9.93. The summed E-state index contributed by atoms with van der Waals surface area (Å²) in [6, 6.07) is 14.7. The lowest BCUT2D eigenvalue weighted by molar-refractivity contribution is 0.0949. The summed E-state index contributed by atoms with van der Waals surface area (Å²) in [6.45, 7) is 4.88. The molecular formula is C22H22N6O2S. The molecule has 0 aliphatic rings. The molecule has 0 saturated carbocycles. The first-order valence-corrected chi connectivity index (χ1v) is 10.9. The van der Waals surface area contributed by atoms with Crippen molar-refractivity contribution >= 4 is 28.6 Å². The highest BCUT2D eigenvalue weighted by atomic mass is 32.2. The molecule has 2 aromatic heterocycles. The first-order chi connectivity index (χ1) is 15.0. The van der Waals surface area contributed by atoms with Gasteiger partial charge in [0, 0.05) is 12.1 Å². The Morgan fingerprint density at radius 2 is 2.00 bits per heavy atom. The summed E-state index contributed by atoms with van der Waals surface area (Å²) in [5.74, 6) is 1.55. The Morgan fingerprint density at radius 1 is 1.16 bits per heavy atom. The Kier molecular flexibility index (Phi) is 6.13. The van der Waals surface area contributed by atoms with Gasteiger partial charge in [-0.1, -0.05) is 41.6 Å². The van der Waals surface area contributed by atoms with Crippen molar-refractivity contribution in [1.82, 2.24) is 30.0 Å². The fraction of sp³-hybridized carbons (Fsp3) is 0.227. The van der Waals surface area contributed by atoms with E-state index in [-0.39, 0.29) is 18.0 Å². The summed E-state index contributed by atoms with van der Waals surface area (Å²) < 4.78 is 1.94. The largest absolute Gasteiger partial charge is 0.345 e. The number of hydrogen-bond acceptors (Lipinski definition) is 6. The standard InChI is InChI=1S/C22H22N6O2S/c1-3-28-19(12-23-20(29)15-8-6-7-14(2)11-15)26-27-22(28)31-13-18-24-17-10-5-4-9-16(17)21(30)25-18/h4-11H,3,12-13H2,1-2H3,(H,23,29)(H,24,25,30).